The summed E-state index contributed by atoms with van der Waals surface area (Å²) in [6.07, 6.45) is 7.45. The molecule has 0 amide bonds. The van der Waals surface area contributed by atoms with Gasteiger partial charge < -0.3 is 9.80 Å². The highest BCUT2D eigenvalue weighted by Crippen LogP contribution is 2.09. The standard InChI is InChI=1S/C14H22N2O/c1-4-5-14(12-17)7-6-13(2)16-10-8-15(3)9-11-16/h5-7,12H,2,4,8-11H2,1,3H3/b7-6-,14-5+. The molecule has 1 saturated heterocycles. The maximum atomic E-state index is 10.8. The second-order valence-corrected chi connectivity index (χ2v) is 4.35. The van der Waals surface area contributed by atoms with Crippen molar-refractivity contribution in [3.8, 4) is 0 Å². The molecule has 0 atom stereocenters. The zero-order valence-corrected chi connectivity index (χ0v) is 10.9. The number of aldehydes is 1. The molecule has 0 aliphatic carbocycles. The van der Waals surface area contributed by atoms with Crippen molar-refractivity contribution in [2.45, 2.75) is 13.3 Å². The van der Waals surface area contributed by atoms with Crippen LogP contribution in [0.1, 0.15) is 13.3 Å². The van der Waals surface area contributed by atoms with Crippen LogP contribution in [-0.2, 0) is 4.79 Å². The van der Waals surface area contributed by atoms with Gasteiger partial charge in [0.25, 0.3) is 0 Å². The monoisotopic (exact) mass is 234 g/mol. The first kappa shape index (κ1) is 13.7. The van der Waals surface area contributed by atoms with E-state index in [1.807, 2.05) is 25.2 Å². The van der Waals surface area contributed by atoms with Crippen molar-refractivity contribution >= 4 is 6.29 Å². The van der Waals surface area contributed by atoms with Gasteiger partial charge in [-0.3, -0.25) is 4.79 Å². The van der Waals surface area contributed by atoms with E-state index in [2.05, 4.69) is 23.4 Å². The molecular formula is C14H22N2O. The number of carbonyl (C=O) groups excluding carboxylic acids is 1. The van der Waals surface area contributed by atoms with Crippen LogP contribution in [0.25, 0.3) is 0 Å². The van der Waals surface area contributed by atoms with E-state index in [0.29, 0.717) is 0 Å². The number of likely N-dealkylation sites (N-methyl/N-ethyl adjacent to an activating group) is 1. The van der Waals surface area contributed by atoms with Crippen LogP contribution in [0, 0.1) is 0 Å². The summed E-state index contributed by atoms with van der Waals surface area (Å²) < 4.78 is 0. The van der Waals surface area contributed by atoms with Crippen molar-refractivity contribution < 1.29 is 4.79 Å². The van der Waals surface area contributed by atoms with Gasteiger partial charge >= 0.3 is 0 Å². The summed E-state index contributed by atoms with van der Waals surface area (Å²) in [4.78, 5) is 15.3. The Morgan fingerprint density at radius 3 is 2.41 bits per heavy atom. The van der Waals surface area contributed by atoms with Crippen molar-refractivity contribution in [2.75, 3.05) is 33.2 Å². The SMILES string of the molecule is C=C(/C=C\C(C=O)=C/CC)N1CCN(C)CC1. The fourth-order valence-corrected chi connectivity index (χ4v) is 1.78. The van der Waals surface area contributed by atoms with E-state index in [1.165, 1.54) is 0 Å². The predicted octanol–water partition coefficient (Wildman–Crippen LogP) is 1.84. The Kier molecular flexibility index (Phi) is 5.70. The third-order valence-corrected chi connectivity index (χ3v) is 2.95. The smallest absolute Gasteiger partial charge is 0.149 e. The Bertz CT molecular complexity index is 323. The van der Waals surface area contributed by atoms with Crippen LogP contribution in [0.4, 0.5) is 0 Å². The molecule has 1 fully saturated rings. The van der Waals surface area contributed by atoms with Crippen LogP contribution in [0.2, 0.25) is 0 Å². The van der Waals surface area contributed by atoms with E-state index < -0.39 is 0 Å². The van der Waals surface area contributed by atoms with Gasteiger partial charge in [-0.1, -0.05) is 19.6 Å². The van der Waals surface area contributed by atoms with E-state index in [-0.39, 0.29) is 0 Å². The fraction of sp³-hybridized carbons (Fsp3) is 0.500. The number of piperazine rings is 1. The second-order valence-electron chi connectivity index (χ2n) is 4.35. The molecule has 1 heterocycles. The minimum Gasteiger partial charge on any atom is -0.369 e. The summed E-state index contributed by atoms with van der Waals surface area (Å²) in [6, 6.07) is 0. The molecule has 1 rings (SSSR count). The van der Waals surface area contributed by atoms with E-state index in [4.69, 9.17) is 0 Å². The van der Waals surface area contributed by atoms with Crippen molar-refractivity contribution in [3.63, 3.8) is 0 Å². The highest BCUT2D eigenvalue weighted by atomic mass is 16.1. The second kappa shape index (κ2) is 7.07. The van der Waals surface area contributed by atoms with Crippen LogP contribution in [0.15, 0.2) is 36.1 Å². The molecule has 0 unspecified atom stereocenters. The van der Waals surface area contributed by atoms with Gasteiger partial charge in [0.05, 0.1) is 0 Å². The Balaban J connectivity index is 2.51. The minimum atomic E-state index is 0.725. The van der Waals surface area contributed by atoms with Crippen molar-refractivity contribution in [1.29, 1.82) is 0 Å². The van der Waals surface area contributed by atoms with E-state index in [1.54, 1.807) is 0 Å². The third-order valence-electron chi connectivity index (χ3n) is 2.95. The van der Waals surface area contributed by atoms with E-state index >= 15 is 0 Å². The summed E-state index contributed by atoms with van der Waals surface area (Å²) in [5, 5.41) is 0. The molecule has 1 aliphatic heterocycles. The molecule has 0 aromatic rings. The van der Waals surface area contributed by atoms with Crippen molar-refractivity contribution in [1.82, 2.24) is 9.80 Å². The van der Waals surface area contributed by atoms with Crippen LogP contribution < -0.4 is 0 Å². The maximum absolute atomic E-state index is 10.8. The van der Waals surface area contributed by atoms with Crippen molar-refractivity contribution in [2.24, 2.45) is 0 Å². The average Bonchev–Trinajstić information content (AvgIpc) is 2.35. The minimum absolute atomic E-state index is 0.725. The number of nitrogens with zero attached hydrogens (tertiary/aromatic N) is 2. The molecule has 0 saturated carbocycles. The average molecular weight is 234 g/mol. The maximum Gasteiger partial charge on any atom is 0.149 e. The van der Waals surface area contributed by atoms with Gasteiger partial charge in [0, 0.05) is 37.4 Å². The molecule has 17 heavy (non-hydrogen) atoms. The van der Waals surface area contributed by atoms with Crippen LogP contribution in [-0.4, -0.2) is 49.3 Å². The number of hydrogen-bond acceptors (Lipinski definition) is 3. The molecule has 0 bridgehead atoms. The Morgan fingerprint density at radius 1 is 1.24 bits per heavy atom. The molecule has 1 aliphatic rings. The molecule has 94 valence electrons. The summed E-state index contributed by atoms with van der Waals surface area (Å²) in [6.45, 7) is 10.2. The van der Waals surface area contributed by atoms with Gasteiger partial charge in [-0.25, -0.2) is 0 Å². The van der Waals surface area contributed by atoms with Crippen LogP contribution in [0.3, 0.4) is 0 Å². The lowest BCUT2D eigenvalue weighted by molar-refractivity contribution is -0.104. The number of allylic oxidation sites excluding steroid dienone is 4. The Morgan fingerprint density at radius 2 is 1.88 bits per heavy atom. The first-order valence-electron chi connectivity index (χ1n) is 6.13. The summed E-state index contributed by atoms with van der Waals surface area (Å²) in [7, 11) is 2.13. The lowest BCUT2D eigenvalue weighted by Crippen LogP contribution is -2.43. The number of carbonyl (C=O) groups is 1. The Labute approximate surface area is 104 Å². The van der Waals surface area contributed by atoms with Gasteiger partial charge in [0.15, 0.2) is 0 Å². The predicted molar refractivity (Wildman–Crippen MR) is 71.8 cm³/mol. The number of rotatable bonds is 5. The van der Waals surface area contributed by atoms with Crippen LogP contribution in [0.5, 0.6) is 0 Å². The molecular weight excluding hydrogens is 212 g/mol. The number of hydrogen-bond donors (Lipinski definition) is 0. The van der Waals surface area contributed by atoms with E-state index in [0.717, 1.165) is 50.2 Å². The molecule has 3 nitrogen and oxygen atoms in total. The molecule has 0 spiro atoms. The summed E-state index contributed by atoms with van der Waals surface area (Å²) in [5.41, 5.74) is 1.71. The first-order valence-corrected chi connectivity index (χ1v) is 6.13. The zero-order valence-electron chi connectivity index (χ0n) is 10.9. The Hall–Kier alpha value is -1.35. The first-order chi connectivity index (χ1) is 8.17. The lowest BCUT2D eigenvalue weighted by Gasteiger charge is -2.34. The normalized spacial score (nSPS) is 18.7. The highest BCUT2D eigenvalue weighted by Gasteiger charge is 2.13. The fourth-order valence-electron chi connectivity index (χ4n) is 1.78. The van der Waals surface area contributed by atoms with Gasteiger partial charge in [-0.05, 0) is 25.6 Å². The molecule has 0 aromatic carbocycles. The largest absolute Gasteiger partial charge is 0.369 e. The van der Waals surface area contributed by atoms with Gasteiger partial charge in [-0.15, -0.1) is 0 Å². The molecule has 3 heteroatoms. The molecule has 0 N–H and O–H groups in total. The molecule has 0 aromatic heterocycles. The highest BCUT2D eigenvalue weighted by molar-refractivity contribution is 5.77. The van der Waals surface area contributed by atoms with Gasteiger partial charge in [0.1, 0.15) is 6.29 Å². The zero-order chi connectivity index (χ0) is 12.7. The van der Waals surface area contributed by atoms with E-state index in [9.17, 15) is 4.79 Å². The van der Waals surface area contributed by atoms with Crippen molar-refractivity contribution in [3.05, 3.63) is 36.1 Å². The summed E-state index contributed by atoms with van der Waals surface area (Å²) >= 11 is 0. The van der Waals surface area contributed by atoms with Gasteiger partial charge in [0.2, 0.25) is 0 Å². The topological polar surface area (TPSA) is 23.6 Å². The molecule has 0 radical (unpaired) electrons. The third kappa shape index (κ3) is 4.57. The van der Waals surface area contributed by atoms with Crippen LogP contribution >= 0.6 is 0 Å². The lowest BCUT2D eigenvalue weighted by atomic mass is 10.2. The summed E-state index contributed by atoms with van der Waals surface area (Å²) in [5.74, 6) is 0. The van der Waals surface area contributed by atoms with Gasteiger partial charge in [-0.2, -0.15) is 0 Å². The quantitative estimate of drug-likeness (QED) is 0.412.